The van der Waals surface area contributed by atoms with Crippen molar-refractivity contribution in [2.75, 3.05) is 0 Å². The average molecular weight is 1730 g/mol. The minimum Gasteiger partial charge on any atom is -0.665 e. The largest absolute Gasteiger partial charge is 0.665 e. The van der Waals surface area contributed by atoms with Gasteiger partial charge in [0.15, 0.2) is 93.1 Å². The van der Waals surface area contributed by atoms with Crippen LogP contribution in [0.25, 0.3) is 65.3 Å². The van der Waals surface area contributed by atoms with Crippen LogP contribution in [0.15, 0.2) is 116 Å². The number of fused-ring (bicyclic) bond motifs is 4. The molecule has 0 aliphatic carbocycles. The molecule has 0 atom stereocenters. The first-order valence-electron chi connectivity index (χ1n) is 35.5. The number of phenols is 2. The van der Waals surface area contributed by atoms with Gasteiger partial charge in [0.05, 0.1) is 0 Å². The molecule has 24 heteroatoms. The summed E-state index contributed by atoms with van der Waals surface area (Å²) in [6, 6.07) is 28.5. The number of hydrogen-bond donors (Lipinski definition) is 2. The van der Waals surface area contributed by atoms with Crippen molar-refractivity contribution in [2.24, 2.45) is 17.8 Å². The van der Waals surface area contributed by atoms with E-state index >= 15 is 0 Å². The Morgan fingerprint density at radius 2 is 0.509 bits per heavy atom. The van der Waals surface area contributed by atoms with E-state index in [0.29, 0.717) is 23.7 Å². The van der Waals surface area contributed by atoms with Crippen molar-refractivity contribution in [1.82, 2.24) is 9.97 Å². The molecule has 596 valence electrons. The summed E-state index contributed by atoms with van der Waals surface area (Å²) in [6.45, 7) is 42.1. The Labute approximate surface area is 657 Å². The van der Waals surface area contributed by atoms with E-state index < -0.39 is 206 Å². The third-order valence-electron chi connectivity index (χ3n) is 17.5. The molecule has 0 saturated heterocycles. The van der Waals surface area contributed by atoms with E-state index in [-0.39, 0.29) is 22.0 Å². The van der Waals surface area contributed by atoms with Gasteiger partial charge in [-0.2, -0.15) is 22.8 Å². The molecule has 0 saturated carbocycles. The Hall–Kier alpha value is -9.00. The Morgan fingerprint density at radius 1 is 0.295 bits per heavy atom. The van der Waals surface area contributed by atoms with Crippen molar-refractivity contribution in [2.45, 2.75) is 162 Å². The van der Waals surface area contributed by atoms with Crippen molar-refractivity contribution < 1.29 is 116 Å². The van der Waals surface area contributed by atoms with Gasteiger partial charge in [0.2, 0.25) is 0 Å². The average Bonchev–Trinajstić information content (AvgIpc) is 1.00. The van der Waals surface area contributed by atoms with Gasteiger partial charge in [-0.3, -0.25) is 0 Å². The fourth-order valence-electron chi connectivity index (χ4n) is 12.0. The van der Waals surface area contributed by atoms with Crippen LogP contribution < -0.4 is 9.97 Å². The van der Waals surface area contributed by atoms with Crippen molar-refractivity contribution in [1.29, 1.82) is 0 Å². The Bertz CT molecular complexity index is 5030. The molecular weight excluding hydrogens is 1640 g/mol. The first kappa shape index (κ1) is 90.2. The number of aryl methyl sites for hydroxylation is 6. The Kier molecular flexibility index (Phi) is 30.0. The molecule has 10 aromatic carbocycles. The van der Waals surface area contributed by atoms with Crippen molar-refractivity contribution in [3.63, 3.8) is 0 Å². The summed E-state index contributed by atoms with van der Waals surface area (Å²) in [5.74, 6) is -31.3. The summed E-state index contributed by atoms with van der Waals surface area (Å²) in [7, 11) is 0. The van der Waals surface area contributed by atoms with Crippen LogP contribution in [0.3, 0.4) is 0 Å². The predicted molar refractivity (Wildman–Crippen MR) is 409 cm³/mol. The molecule has 2 aromatic heterocycles. The molecule has 0 unspecified atom stereocenters. The van der Waals surface area contributed by atoms with Gasteiger partial charge in [-0.25, -0.2) is 70.2 Å². The third-order valence-corrected chi connectivity index (χ3v) is 22.9. The molecule has 0 amide bonds. The smallest absolute Gasteiger partial charge is 0.198 e. The molecule has 0 spiro atoms. The molecule has 2 heterocycles. The van der Waals surface area contributed by atoms with E-state index in [1.54, 1.807) is 0 Å². The molecule has 6 nitrogen and oxygen atoms in total. The van der Waals surface area contributed by atoms with Gasteiger partial charge < -0.3 is 20.2 Å². The predicted octanol–water partition coefficient (Wildman–Crippen LogP) is 27.5. The van der Waals surface area contributed by atoms with Crippen molar-refractivity contribution >= 4 is 63.3 Å². The monoisotopic (exact) mass is 1730 g/mol. The number of aromatic hydroxyl groups is 2. The van der Waals surface area contributed by atoms with Gasteiger partial charge in [-0.05, 0) is 49.2 Å². The Balaban J connectivity index is 0.000000199. The summed E-state index contributed by atoms with van der Waals surface area (Å²) in [4.78, 5) is 8.22. The standard InChI is InChI=1S/2C21H8F8O.2C12H17N.2C6H8N.2C5H10.2Mo/c2*1-6-2-3-7-11(16(24)20(28)18(26)14(7)22)10(6)13-9(30)5-4-8-12(13)17(25)21(29)19(27)15(8)23;2*1-8(2)10-6-5-7-11(9(3)4)12(10)13;2*1-5-3-4-6(2)7-5;2*1-5(2,3)4;;/h2*2-5,30H,1H3;2*5-9H,1-4H3;2*3-4H,1-2H3;2*1H,2-4H3;;/q;;;;2*-1;;;;. The second kappa shape index (κ2) is 37.3. The number of benzene rings is 10. The van der Waals surface area contributed by atoms with Gasteiger partial charge in [-0.1, -0.05) is 76.2 Å². The second-order valence-corrected chi connectivity index (χ2v) is 33.2. The molecule has 2 N–H and O–H groups in total. The third kappa shape index (κ3) is 20.3. The van der Waals surface area contributed by atoms with E-state index in [9.17, 15) is 80.5 Å². The van der Waals surface area contributed by atoms with Crippen LogP contribution in [0.5, 0.6) is 11.5 Å². The maximum Gasteiger partial charge on any atom is 0.198 e. The molecule has 112 heavy (non-hydrogen) atoms. The number of rotatable bonds is 8. The topological polar surface area (TPSA) is 93.4 Å². The van der Waals surface area contributed by atoms with Gasteiger partial charge in [0.25, 0.3) is 0 Å². The molecule has 12 rings (SSSR count). The van der Waals surface area contributed by atoms with E-state index in [1.807, 2.05) is 52.0 Å². The number of hydrogen-bond acceptors (Lipinski definition) is 4. The number of aromatic nitrogens is 2. The van der Waals surface area contributed by atoms with Gasteiger partial charge >= 0.3 is 253 Å². The quantitative estimate of drug-likeness (QED) is 0.0686. The molecule has 12 aromatic rings. The van der Waals surface area contributed by atoms with Crippen LogP contribution in [-0.2, 0) is 35.8 Å². The van der Waals surface area contributed by atoms with E-state index in [4.69, 9.17) is 6.99 Å². The molecule has 0 radical (unpaired) electrons. The van der Waals surface area contributed by atoms with Gasteiger partial charge in [0, 0.05) is 65.3 Å². The molecule has 0 aliphatic rings. The normalized spacial score (nSPS) is 11.4. The molecular formula is C88H86F16Mo2N4O2-2. The maximum absolute atomic E-state index is 14.7. The maximum atomic E-state index is 14.7. The SMILES string of the molecule is CC(C)c1cccc(C(C)C)c1[N]=[Mo]=[CH]C(C)(C)C.CC(C)c1cccc(C(C)C)c1[N]=[Mo]=[CH]C(C)(C)C.Cc1ccc(C)[n-]1.Cc1ccc(C)[n-]1.Cc1ccc2c(F)c(F)c(F)c(F)c2c1-c1c(O)ccc2c(F)c(F)c(F)c(F)c12.Cc1ccc2c(F)c(F)c(F)c(F)c2c1-c1c(O)ccc2c(F)c(F)c(F)c(F)c12. The Morgan fingerprint density at radius 3 is 0.714 bits per heavy atom. The minimum atomic E-state index is -2.20. The summed E-state index contributed by atoms with van der Waals surface area (Å²) in [6.07, 6.45) is 0. The van der Waals surface area contributed by atoms with Crippen molar-refractivity contribution in [3.8, 4) is 33.8 Å². The van der Waals surface area contributed by atoms with Crippen LogP contribution >= 0.6 is 0 Å². The van der Waals surface area contributed by atoms with Gasteiger partial charge in [-0.15, -0.1) is 0 Å². The fourth-order valence-corrected chi connectivity index (χ4v) is 15.3. The summed E-state index contributed by atoms with van der Waals surface area (Å²) >= 11 is -0.830. The number of halogens is 16. The van der Waals surface area contributed by atoms with Crippen LogP contribution in [0.2, 0.25) is 0 Å². The molecule has 0 fully saturated rings. The second-order valence-electron chi connectivity index (χ2n) is 30.2. The van der Waals surface area contributed by atoms with Crippen LogP contribution in [0, 0.1) is 145 Å². The summed E-state index contributed by atoms with van der Waals surface area (Å²) in [5.41, 5.74) is 10.6. The fraction of sp³-hybridized carbons (Fsp3) is 0.295. The zero-order chi connectivity index (χ0) is 83.9. The first-order valence-corrected chi connectivity index (χ1v) is 39.6. The zero-order valence-electron chi connectivity index (χ0n) is 65.4. The molecule has 0 aliphatic heterocycles. The van der Waals surface area contributed by atoms with E-state index in [0.717, 1.165) is 71.3 Å². The van der Waals surface area contributed by atoms with Crippen LogP contribution in [-0.4, -0.2) is 19.0 Å². The zero-order valence-corrected chi connectivity index (χ0v) is 69.4. The van der Waals surface area contributed by atoms with Crippen LogP contribution in [0.1, 0.15) is 177 Å². The van der Waals surface area contributed by atoms with Crippen LogP contribution in [0.4, 0.5) is 81.6 Å². The summed E-state index contributed by atoms with van der Waals surface area (Å²) < 4.78 is 241. The number of phenolic OH excluding ortho intramolecular Hbond substituents is 2. The van der Waals surface area contributed by atoms with E-state index in [2.05, 4.69) is 152 Å². The van der Waals surface area contributed by atoms with Gasteiger partial charge in [0.1, 0.15) is 11.5 Å². The number of nitrogens with zero attached hydrogens (tertiary/aromatic N) is 4. The van der Waals surface area contributed by atoms with Crippen molar-refractivity contribution in [3.05, 3.63) is 258 Å². The first-order chi connectivity index (χ1) is 52.2. The van der Waals surface area contributed by atoms with E-state index in [1.165, 1.54) is 47.5 Å². The summed E-state index contributed by atoms with van der Waals surface area (Å²) in [5, 5.41) is 13.8. The minimum absolute atomic E-state index is 0.000788. The molecule has 0 bridgehead atoms.